The minimum atomic E-state index is 0.0886. The molecule has 2 aliphatic rings. The van der Waals surface area contributed by atoms with Crippen LogP contribution in [0.2, 0.25) is 0 Å². The van der Waals surface area contributed by atoms with Gasteiger partial charge in [0.05, 0.1) is 18.8 Å². The summed E-state index contributed by atoms with van der Waals surface area (Å²) in [5.74, 6) is 0. The van der Waals surface area contributed by atoms with Crippen LogP contribution in [-0.2, 0) is 11.2 Å². The number of nitrogens with one attached hydrogen (secondary N) is 1. The maximum Gasteiger partial charge on any atom is 0.318 e. The Balaban J connectivity index is 1.55. The van der Waals surface area contributed by atoms with Crippen molar-refractivity contribution < 1.29 is 9.53 Å². The first-order valence-corrected chi connectivity index (χ1v) is 8.95. The number of urea groups is 1. The molecule has 2 atom stereocenters. The predicted molar refractivity (Wildman–Crippen MR) is 91.5 cm³/mol. The molecule has 1 aromatic rings. The van der Waals surface area contributed by atoms with Gasteiger partial charge < -0.3 is 15.0 Å². The van der Waals surface area contributed by atoms with Gasteiger partial charge in [-0.3, -0.25) is 0 Å². The van der Waals surface area contributed by atoms with Crippen LogP contribution in [0.5, 0.6) is 0 Å². The lowest BCUT2D eigenvalue weighted by atomic mass is 9.95. The van der Waals surface area contributed by atoms with Crippen LogP contribution in [0.25, 0.3) is 0 Å². The van der Waals surface area contributed by atoms with E-state index in [1.807, 2.05) is 23.1 Å². The summed E-state index contributed by atoms with van der Waals surface area (Å²) < 4.78 is 5.94. The van der Waals surface area contributed by atoms with E-state index in [4.69, 9.17) is 4.74 Å². The predicted octanol–water partition coefficient (Wildman–Crippen LogP) is 3.36. The van der Waals surface area contributed by atoms with Crippen molar-refractivity contribution in [2.45, 2.75) is 63.6 Å². The van der Waals surface area contributed by atoms with Crippen LogP contribution in [0.15, 0.2) is 30.3 Å². The SMILES string of the molecule is CC1COC(Cc2ccccc2)CN1C(=O)NC1CCCCC1. The number of amides is 2. The zero-order chi connectivity index (χ0) is 16.1. The third kappa shape index (κ3) is 4.47. The van der Waals surface area contributed by atoms with Crippen LogP contribution >= 0.6 is 0 Å². The van der Waals surface area contributed by atoms with E-state index in [0.29, 0.717) is 19.2 Å². The number of carbonyl (C=O) groups is 1. The summed E-state index contributed by atoms with van der Waals surface area (Å²) in [4.78, 5) is 14.6. The molecule has 1 aliphatic heterocycles. The van der Waals surface area contributed by atoms with Crippen molar-refractivity contribution in [2.24, 2.45) is 0 Å². The zero-order valence-electron chi connectivity index (χ0n) is 14.0. The van der Waals surface area contributed by atoms with E-state index in [2.05, 4.69) is 24.4 Å². The highest BCUT2D eigenvalue weighted by atomic mass is 16.5. The van der Waals surface area contributed by atoms with Gasteiger partial charge in [-0.25, -0.2) is 4.79 Å². The van der Waals surface area contributed by atoms with Crippen LogP contribution in [0.4, 0.5) is 4.79 Å². The van der Waals surface area contributed by atoms with Gasteiger partial charge in [0, 0.05) is 19.0 Å². The lowest BCUT2D eigenvalue weighted by molar-refractivity contribution is -0.0408. The summed E-state index contributed by atoms with van der Waals surface area (Å²) in [5.41, 5.74) is 1.26. The zero-order valence-corrected chi connectivity index (χ0v) is 14.0. The Morgan fingerprint density at radius 2 is 1.96 bits per heavy atom. The van der Waals surface area contributed by atoms with Crippen molar-refractivity contribution >= 4 is 6.03 Å². The Bertz CT molecular complexity index is 499. The van der Waals surface area contributed by atoms with Crippen LogP contribution in [0.1, 0.15) is 44.6 Å². The van der Waals surface area contributed by atoms with Crippen LogP contribution in [0.3, 0.4) is 0 Å². The molecule has 2 unspecified atom stereocenters. The summed E-state index contributed by atoms with van der Waals surface area (Å²) >= 11 is 0. The fourth-order valence-electron chi connectivity index (χ4n) is 3.61. The fourth-order valence-corrected chi connectivity index (χ4v) is 3.61. The average molecular weight is 316 g/mol. The summed E-state index contributed by atoms with van der Waals surface area (Å²) in [6.45, 7) is 3.36. The molecule has 0 spiro atoms. The van der Waals surface area contributed by atoms with E-state index < -0.39 is 0 Å². The highest BCUT2D eigenvalue weighted by Gasteiger charge is 2.30. The van der Waals surface area contributed by atoms with Gasteiger partial charge in [0.15, 0.2) is 0 Å². The van der Waals surface area contributed by atoms with Crippen molar-refractivity contribution in [2.75, 3.05) is 13.2 Å². The first-order valence-electron chi connectivity index (χ1n) is 8.95. The Morgan fingerprint density at radius 1 is 1.22 bits per heavy atom. The molecule has 0 radical (unpaired) electrons. The number of morpholine rings is 1. The third-order valence-corrected chi connectivity index (χ3v) is 5.01. The molecular weight excluding hydrogens is 288 g/mol. The van der Waals surface area contributed by atoms with Gasteiger partial charge in [-0.15, -0.1) is 0 Å². The number of hydrogen-bond acceptors (Lipinski definition) is 2. The molecule has 23 heavy (non-hydrogen) atoms. The van der Waals surface area contributed by atoms with Gasteiger partial charge in [-0.05, 0) is 25.3 Å². The number of ether oxygens (including phenoxy) is 1. The van der Waals surface area contributed by atoms with Gasteiger partial charge >= 0.3 is 6.03 Å². The van der Waals surface area contributed by atoms with E-state index in [9.17, 15) is 4.79 Å². The maximum absolute atomic E-state index is 12.6. The second-order valence-electron chi connectivity index (χ2n) is 6.93. The average Bonchev–Trinajstić information content (AvgIpc) is 2.58. The maximum atomic E-state index is 12.6. The number of benzene rings is 1. The molecule has 0 bridgehead atoms. The number of nitrogens with zero attached hydrogens (tertiary/aromatic N) is 1. The quantitative estimate of drug-likeness (QED) is 0.929. The Kier molecular flexibility index (Phi) is 5.55. The lowest BCUT2D eigenvalue weighted by Crippen LogP contribution is -2.56. The molecule has 1 aromatic carbocycles. The Morgan fingerprint density at radius 3 is 2.70 bits per heavy atom. The molecule has 2 amide bonds. The first-order chi connectivity index (χ1) is 11.2. The van der Waals surface area contributed by atoms with Crippen LogP contribution < -0.4 is 5.32 Å². The monoisotopic (exact) mass is 316 g/mol. The molecule has 1 saturated heterocycles. The summed E-state index contributed by atoms with van der Waals surface area (Å²) in [6.07, 6.45) is 6.97. The van der Waals surface area contributed by atoms with E-state index in [1.165, 1.54) is 24.8 Å². The summed E-state index contributed by atoms with van der Waals surface area (Å²) in [5, 5.41) is 3.23. The smallest absolute Gasteiger partial charge is 0.318 e. The Hall–Kier alpha value is -1.55. The van der Waals surface area contributed by atoms with Crippen molar-refractivity contribution in [1.29, 1.82) is 0 Å². The van der Waals surface area contributed by atoms with Gasteiger partial charge in [0.25, 0.3) is 0 Å². The number of rotatable bonds is 3. The van der Waals surface area contributed by atoms with Gasteiger partial charge in [-0.1, -0.05) is 49.6 Å². The molecule has 3 rings (SSSR count). The van der Waals surface area contributed by atoms with E-state index in [-0.39, 0.29) is 18.2 Å². The molecule has 4 heteroatoms. The van der Waals surface area contributed by atoms with Crippen molar-refractivity contribution in [3.63, 3.8) is 0 Å². The fraction of sp³-hybridized carbons (Fsp3) is 0.632. The molecule has 1 saturated carbocycles. The lowest BCUT2D eigenvalue weighted by Gasteiger charge is -2.39. The molecular formula is C19H28N2O2. The van der Waals surface area contributed by atoms with Crippen molar-refractivity contribution in [3.8, 4) is 0 Å². The summed E-state index contributed by atoms with van der Waals surface area (Å²) in [7, 11) is 0. The summed E-state index contributed by atoms with van der Waals surface area (Å²) in [6, 6.07) is 11.0. The second kappa shape index (κ2) is 7.82. The van der Waals surface area contributed by atoms with Crippen LogP contribution in [0, 0.1) is 0 Å². The van der Waals surface area contributed by atoms with E-state index >= 15 is 0 Å². The molecule has 126 valence electrons. The molecule has 2 fully saturated rings. The minimum absolute atomic E-state index is 0.0886. The highest BCUT2D eigenvalue weighted by molar-refractivity contribution is 5.75. The van der Waals surface area contributed by atoms with Crippen molar-refractivity contribution in [3.05, 3.63) is 35.9 Å². The molecule has 1 N–H and O–H groups in total. The van der Waals surface area contributed by atoms with E-state index in [0.717, 1.165) is 19.3 Å². The van der Waals surface area contributed by atoms with E-state index in [1.54, 1.807) is 0 Å². The largest absolute Gasteiger partial charge is 0.374 e. The van der Waals surface area contributed by atoms with Gasteiger partial charge in [0.1, 0.15) is 0 Å². The minimum Gasteiger partial charge on any atom is -0.374 e. The topological polar surface area (TPSA) is 41.6 Å². The van der Waals surface area contributed by atoms with Gasteiger partial charge in [-0.2, -0.15) is 0 Å². The molecule has 0 aromatic heterocycles. The molecule has 1 aliphatic carbocycles. The molecule has 4 nitrogen and oxygen atoms in total. The van der Waals surface area contributed by atoms with Crippen LogP contribution in [-0.4, -0.2) is 42.3 Å². The Labute approximate surface area is 139 Å². The third-order valence-electron chi connectivity index (χ3n) is 5.01. The normalized spacial score (nSPS) is 26.0. The number of carbonyl (C=O) groups excluding carboxylic acids is 1. The second-order valence-corrected chi connectivity index (χ2v) is 6.93. The number of hydrogen-bond donors (Lipinski definition) is 1. The molecule has 1 heterocycles. The highest BCUT2D eigenvalue weighted by Crippen LogP contribution is 2.19. The standard InChI is InChI=1S/C19H28N2O2/c1-15-14-23-18(12-16-8-4-2-5-9-16)13-21(15)19(22)20-17-10-6-3-7-11-17/h2,4-5,8-9,15,17-18H,3,6-7,10-14H2,1H3,(H,20,22). The van der Waals surface area contributed by atoms with Gasteiger partial charge in [0.2, 0.25) is 0 Å². The first kappa shape index (κ1) is 16.3. The van der Waals surface area contributed by atoms with Crippen molar-refractivity contribution in [1.82, 2.24) is 10.2 Å².